The Kier molecular flexibility index (Phi) is 2.48. The van der Waals surface area contributed by atoms with Gasteiger partial charge in [0.25, 0.3) is 0 Å². The maximum absolute atomic E-state index is 2.17. The standard InChI is InChI=1S/C14H16N4/c1-15-6-8-17(11-15)13-4-3-5-14(10-13)18-9-7-16(2)12-18/h3-12H,1-2H3/q+2. The number of imidazole rings is 2. The van der Waals surface area contributed by atoms with Crippen molar-refractivity contribution >= 4 is 0 Å². The molecule has 0 bridgehead atoms. The maximum Gasteiger partial charge on any atom is 0.248 e. The molecule has 0 N–H and O–H groups in total. The van der Waals surface area contributed by atoms with Crippen LogP contribution in [0, 0.1) is 0 Å². The fraction of sp³-hybridized carbons (Fsp3) is 0.143. The lowest BCUT2D eigenvalue weighted by Crippen LogP contribution is -2.23. The summed E-state index contributed by atoms with van der Waals surface area (Å²) in [5.41, 5.74) is 2.31. The molecular weight excluding hydrogens is 224 g/mol. The minimum Gasteiger partial charge on any atom is -0.239 e. The largest absolute Gasteiger partial charge is 0.248 e. The van der Waals surface area contributed by atoms with Gasteiger partial charge >= 0.3 is 0 Å². The minimum atomic E-state index is 1.16. The number of rotatable bonds is 2. The van der Waals surface area contributed by atoms with Gasteiger partial charge in [-0.3, -0.25) is 0 Å². The Labute approximate surface area is 106 Å². The van der Waals surface area contributed by atoms with Gasteiger partial charge in [0.05, 0.1) is 14.1 Å². The van der Waals surface area contributed by atoms with Gasteiger partial charge in [-0.1, -0.05) is 6.07 Å². The van der Waals surface area contributed by atoms with Gasteiger partial charge in [0.15, 0.2) is 0 Å². The first-order chi connectivity index (χ1) is 8.72. The maximum atomic E-state index is 2.17. The summed E-state index contributed by atoms with van der Waals surface area (Å²) in [5, 5.41) is 0. The van der Waals surface area contributed by atoms with Gasteiger partial charge in [0.2, 0.25) is 12.7 Å². The predicted molar refractivity (Wildman–Crippen MR) is 67.4 cm³/mol. The molecule has 0 radical (unpaired) electrons. The van der Waals surface area contributed by atoms with Crippen LogP contribution in [0.2, 0.25) is 0 Å². The molecule has 0 unspecified atom stereocenters. The molecule has 4 heteroatoms. The third-order valence-corrected chi connectivity index (χ3v) is 2.96. The zero-order valence-electron chi connectivity index (χ0n) is 10.6. The molecule has 2 heterocycles. The van der Waals surface area contributed by atoms with Gasteiger partial charge in [-0.15, -0.1) is 0 Å². The molecule has 3 aromatic rings. The molecule has 0 amide bonds. The topological polar surface area (TPSA) is 17.6 Å². The Hall–Kier alpha value is -2.36. The number of aryl methyl sites for hydroxylation is 2. The SMILES string of the molecule is C[n+]1ccn(-c2cccc(-n3cc[n+](C)c3)c2)c1. The highest BCUT2D eigenvalue weighted by Crippen LogP contribution is 2.13. The van der Waals surface area contributed by atoms with Gasteiger partial charge in [0.1, 0.15) is 36.2 Å². The van der Waals surface area contributed by atoms with Gasteiger partial charge < -0.3 is 0 Å². The van der Waals surface area contributed by atoms with E-state index in [0.717, 1.165) is 11.4 Å². The number of benzene rings is 1. The van der Waals surface area contributed by atoms with E-state index in [2.05, 4.69) is 58.4 Å². The van der Waals surface area contributed by atoms with Crippen LogP contribution in [0.3, 0.4) is 0 Å². The molecule has 3 rings (SSSR count). The summed E-state index contributed by atoms with van der Waals surface area (Å²) in [7, 11) is 4.04. The van der Waals surface area contributed by atoms with E-state index < -0.39 is 0 Å². The lowest BCUT2D eigenvalue weighted by atomic mass is 10.2. The Morgan fingerprint density at radius 1 is 0.833 bits per heavy atom. The van der Waals surface area contributed by atoms with Crippen LogP contribution in [-0.4, -0.2) is 9.13 Å². The van der Waals surface area contributed by atoms with E-state index in [9.17, 15) is 0 Å². The number of hydrogen-bond donors (Lipinski definition) is 0. The van der Waals surface area contributed by atoms with E-state index in [4.69, 9.17) is 0 Å². The van der Waals surface area contributed by atoms with Crippen LogP contribution in [0.25, 0.3) is 11.4 Å². The lowest BCUT2D eigenvalue weighted by molar-refractivity contribution is -0.670. The molecular formula is C14H16N4+2. The van der Waals surface area contributed by atoms with Crippen molar-refractivity contribution in [3.8, 4) is 11.4 Å². The van der Waals surface area contributed by atoms with Gasteiger partial charge in [0, 0.05) is 6.07 Å². The van der Waals surface area contributed by atoms with E-state index in [0.29, 0.717) is 0 Å². The molecule has 0 saturated carbocycles. The highest BCUT2D eigenvalue weighted by molar-refractivity contribution is 5.43. The van der Waals surface area contributed by atoms with E-state index >= 15 is 0 Å². The van der Waals surface area contributed by atoms with Crippen molar-refractivity contribution in [2.24, 2.45) is 14.1 Å². The van der Waals surface area contributed by atoms with E-state index in [1.54, 1.807) is 0 Å². The first kappa shape index (κ1) is 10.8. The second-order valence-corrected chi connectivity index (χ2v) is 4.49. The number of hydrogen-bond acceptors (Lipinski definition) is 0. The summed E-state index contributed by atoms with van der Waals surface area (Å²) in [6.07, 6.45) is 12.3. The van der Waals surface area contributed by atoms with Crippen LogP contribution in [0.15, 0.2) is 61.7 Å². The van der Waals surface area contributed by atoms with Crippen molar-refractivity contribution in [1.82, 2.24) is 9.13 Å². The molecule has 0 atom stereocenters. The molecule has 0 fully saturated rings. The summed E-state index contributed by atoms with van der Waals surface area (Å²) in [5.74, 6) is 0. The van der Waals surface area contributed by atoms with Gasteiger partial charge in [-0.25, -0.2) is 18.3 Å². The monoisotopic (exact) mass is 240 g/mol. The van der Waals surface area contributed by atoms with Crippen LogP contribution >= 0.6 is 0 Å². The average Bonchev–Trinajstić information content (AvgIpc) is 2.98. The zero-order chi connectivity index (χ0) is 12.5. The molecule has 2 aromatic heterocycles. The predicted octanol–water partition coefficient (Wildman–Crippen LogP) is 0.917. The first-order valence-corrected chi connectivity index (χ1v) is 5.90. The second-order valence-electron chi connectivity index (χ2n) is 4.49. The first-order valence-electron chi connectivity index (χ1n) is 5.90. The summed E-state index contributed by atoms with van der Waals surface area (Å²) < 4.78 is 8.27. The Balaban J connectivity index is 2.04. The van der Waals surface area contributed by atoms with Crippen molar-refractivity contribution in [3.05, 3.63) is 61.7 Å². The second kappa shape index (κ2) is 4.14. The normalized spacial score (nSPS) is 10.8. The summed E-state index contributed by atoms with van der Waals surface area (Å²) >= 11 is 0. The molecule has 1 aromatic carbocycles. The molecule has 0 spiro atoms. The van der Waals surface area contributed by atoms with Gasteiger partial charge in [-0.2, -0.15) is 0 Å². The van der Waals surface area contributed by atoms with E-state index in [1.165, 1.54) is 0 Å². The van der Waals surface area contributed by atoms with Crippen molar-refractivity contribution in [1.29, 1.82) is 0 Å². The smallest absolute Gasteiger partial charge is 0.239 e. The fourth-order valence-electron chi connectivity index (χ4n) is 2.02. The van der Waals surface area contributed by atoms with Crippen LogP contribution in [0.5, 0.6) is 0 Å². The minimum absolute atomic E-state index is 1.16. The molecule has 0 aliphatic heterocycles. The van der Waals surface area contributed by atoms with Crippen molar-refractivity contribution < 1.29 is 9.13 Å². The summed E-state index contributed by atoms with van der Waals surface area (Å²) in [4.78, 5) is 0. The average molecular weight is 240 g/mol. The fourth-order valence-corrected chi connectivity index (χ4v) is 2.02. The highest BCUT2D eigenvalue weighted by Gasteiger charge is 2.09. The third-order valence-electron chi connectivity index (χ3n) is 2.96. The number of aromatic nitrogens is 4. The van der Waals surface area contributed by atoms with Crippen LogP contribution < -0.4 is 9.13 Å². The lowest BCUT2D eigenvalue weighted by Gasteiger charge is -1.98. The zero-order valence-corrected chi connectivity index (χ0v) is 10.6. The van der Waals surface area contributed by atoms with E-state index in [-0.39, 0.29) is 0 Å². The summed E-state index contributed by atoms with van der Waals surface area (Å²) in [6, 6.07) is 8.45. The summed E-state index contributed by atoms with van der Waals surface area (Å²) in [6.45, 7) is 0. The quantitative estimate of drug-likeness (QED) is 0.593. The number of nitrogens with zero attached hydrogens (tertiary/aromatic N) is 4. The van der Waals surface area contributed by atoms with Crippen molar-refractivity contribution in [2.75, 3.05) is 0 Å². The Bertz CT molecular complexity index is 623. The van der Waals surface area contributed by atoms with Gasteiger partial charge in [-0.05, 0) is 12.1 Å². The molecule has 4 nitrogen and oxygen atoms in total. The van der Waals surface area contributed by atoms with Crippen molar-refractivity contribution in [2.45, 2.75) is 0 Å². The third kappa shape index (κ3) is 1.93. The van der Waals surface area contributed by atoms with E-state index in [1.807, 2.05) is 35.6 Å². The molecule has 90 valence electrons. The van der Waals surface area contributed by atoms with Crippen LogP contribution in [-0.2, 0) is 14.1 Å². The molecule has 0 aliphatic carbocycles. The van der Waals surface area contributed by atoms with Crippen molar-refractivity contribution in [3.63, 3.8) is 0 Å². The molecule has 0 aliphatic rings. The van der Waals surface area contributed by atoms with Crippen LogP contribution in [0.4, 0.5) is 0 Å². The Morgan fingerprint density at radius 3 is 1.72 bits per heavy atom. The molecule has 18 heavy (non-hydrogen) atoms. The highest BCUT2D eigenvalue weighted by atomic mass is 15.1. The van der Waals surface area contributed by atoms with Crippen LogP contribution in [0.1, 0.15) is 0 Å². The molecule has 0 saturated heterocycles. The Morgan fingerprint density at radius 2 is 1.33 bits per heavy atom.